The molecule has 1 saturated heterocycles. The number of rotatable bonds is 3. The molecule has 0 bridgehead atoms. The number of nitrogens with zero attached hydrogens (tertiary/aromatic N) is 2. The Kier molecular flexibility index (Phi) is 3.66. The molecule has 0 unspecified atom stereocenters. The molecule has 1 aromatic carbocycles. The van der Waals surface area contributed by atoms with E-state index in [-0.39, 0.29) is 11.7 Å². The first kappa shape index (κ1) is 13.4. The van der Waals surface area contributed by atoms with Crippen LogP contribution in [0.1, 0.15) is 28.8 Å². The molecular formula is C16H22N2O2. The number of benzene rings is 1. The summed E-state index contributed by atoms with van der Waals surface area (Å²) < 4.78 is 0. The van der Waals surface area contributed by atoms with Gasteiger partial charge in [-0.15, -0.1) is 0 Å². The summed E-state index contributed by atoms with van der Waals surface area (Å²) in [7, 11) is 0. The van der Waals surface area contributed by atoms with Gasteiger partial charge in [-0.2, -0.15) is 0 Å². The Labute approximate surface area is 120 Å². The predicted molar refractivity (Wildman–Crippen MR) is 77.9 cm³/mol. The maximum atomic E-state index is 12.5. The summed E-state index contributed by atoms with van der Waals surface area (Å²) in [6, 6.07) is 5.35. The molecule has 1 aromatic rings. The fourth-order valence-electron chi connectivity index (χ4n) is 2.80. The zero-order chi connectivity index (χ0) is 14.1. The molecule has 2 fully saturated rings. The third-order valence-corrected chi connectivity index (χ3v) is 4.34. The average molecular weight is 274 g/mol. The highest BCUT2D eigenvalue weighted by molar-refractivity contribution is 5.97. The van der Waals surface area contributed by atoms with Crippen LogP contribution in [0.3, 0.4) is 0 Å². The summed E-state index contributed by atoms with van der Waals surface area (Å²) in [5.41, 5.74) is 1.18. The SMILES string of the molecule is Cc1cccc(C(=O)N2CCN(CC3CC3)CC2)c1O. The number of hydrogen-bond donors (Lipinski definition) is 1. The van der Waals surface area contributed by atoms with Crippen molar-refractivity contribution >= 4 is 5.91 Å². The molecule has 4 nitrogen and oxygen atoms in total. The van der Waals surface area contributed by atoms with E-state index in [1.807, 2.05) is 24.0 Å². The molecule has 1 heterocycles. The fourth-order valence-corrected chi connectivity index (χ4v) is 2.80. The lowest BCUT2D eigenvalue weighted by atomic mass is 10.1. The van der Waals surface area contributed by atoms with E-state index in [1.54, 1.807) is 6.07 Å². The molecule has 1 aliphatic heterocycles. The van der Waals surface area contributed by atoms with E-state index in [0.717, 1.165) is 37.7 Å². The van der Waals surface area contributed by atoms with Gasteiger partial charge in [-0.25, -0.2) is 0 Å². The van der Waals surface area contributed by atoms with Crippen molar-refractivity contribution in [3.63, 3.8) is 0 Å². The highest BCUT2D eigenvalue weighted by Gasteiger charge is 2.28. The van der Waals surface area contributed by atoms with E-state index in [1.165, 1.54) is 19.4 Å². The number of para-hydroxylation sites is 1. The van der Waals surface area contributed by atoms with Crippen molar-refractivity contribution in [1.29, 1.82) is 0 Å². The van der Waals surface area contributed by atoms with Crippen LogP contribution in [-0.4, -0.2) is 53.5 Å². The predicted octanol–water partition coefficient (Wildman–Crippen LogP) is 1.87. The second-order valence-electron chi connectivity index (χ2n) is 6.01. The second kappa shape index (κ2) is 5.44. The molecule has 0 atom stereocenters. The van der Waals surface area contributed by atoms with Crippen LogP contribution in [0.2, 0.25) is 0 Å². The van der Waals surface area contributed by atoms with Crippen LogP contribution in [-0.2, 0) is 0 Å². The Hall–Kier alpha value is -1.55. The Morgan fingerprint density at radius 2 is 1.95 bits per heavy atom. The summed E-state index contributed by atoms with van der Waals surface area (Å²) in [5, 5.41) is 10.0. The van der Waals surface area contributed by atoms with Gasteiger partial charge < -0.3 is 10.0 Å². The maximum absolute atomic E-state index is 12.5. The molecule has 4 heteroatoms. The van der Waals surface area contributed by atoms with Gasteiger partial charge in [0.2, 0.25) is 0 Å². The molecule has 108 valence electrons. The van der Waals surface area contributed by atoms with E-state index in [0.29, 0.717) is 5.56 Å². The van der Waals surface area contributed by atoms with Gasteiger partial charge in [-0.1, -0.05) is 12.1 Å². The third kappa shape index (κ3) is 2.80. The average Bonchev–Trinajstić information content (AvgIpc) is 3.26. The second-order valence-corrected chi connectivity index (χ2v) is 6.01. The van der Waals surface area contributed by atoms with Gasteiger partial charge in [0.25, 0.3) is 5.91 Å². The van der Waals surface area contributed by atoms with E-state index >= 15 is 0 Å². The van der Waals surface area contributed by atoms with Crippen molar-refractivity contribution in [1.82, 2.24) is 9.80 Å². The Balaban J connectivity index is 1.62. The molecule has 1 saturated carbocycles. The number of piperazine rings is 1. The van der Waals surface area contributed by atoms with Crippen molar-refractivity contribution in [2.24, 2.45) is 5.92 Å². The van der Waals surface area contributed by atoms with Crippen LogP contribution < -0.4 is 0 Å². The molecule has 3 rings (SSSR count). The van der Waals surface area contributed by atoms with Crippen LogP contribution in [0, 0.1) is 12.8 Å². The lowest BCUT2D eigenvalue weighted by Crippen LogP contribution is -2.49. The van der Waals surface area contributed by atoms with Crippen molar-refractivity contribution < 1.29 is 9.90 Å². The first-order valence-corrected chi connectivity index (χ1v) is 7.45. The van der Waals surface area contributed by atoms with Gasteiger partial charge in [0.15, 0.2) is 0 Å². The van der Waals surface area contributed by atoms with Gasteiger partial charge in [-0.05, 0) is 37.3 Å². The number of carbonyl (C=O) groups excluding carboxylic acids is 1. The number of aromatic hydroxyl groups is 1. The topological polar surface area (TPSA) is 43.8 Å². The minimum Gasteiger partial charge on any atom is -0.507 e. The number of aryl methyl sites for hydroxylation is 1. The van der Waals surface area contributed by atoms with E-state index in [9.17, 15) is 9.90 Å². The third-order valence-electron chi connectivity index (χ3n) is 4.34. The number of phenols is 1. The largest absolute Gasteiger partial charge is 0.507 e. The Bertz CT molecular complexity index is 503. The lowest BCUT2D eigenvalue weighted by Gasteiger charge is -2.35. The van der Waals surface area contributed by atoms with Crippen LogP contribution >= 0.6 is 0 Å². The van der Waals surface area contributed by atoms with Gasteiger partial charge >= 0.3 is 0 Å². The quantitative estimate of drug-likeness (QED) is 0.915. The minimum absolute atomic E-state index is 0.0442. The molecule has 0 radical (unpaired) electrons. The standard InChI is InChI=1S/C16H22N2O2/c1-12-3-2-4-14(15(12)19)16(20)18-9-7-17(8-10-18)11-13-5-6-13/h2-4,13,19H,5-11H2,1H3. The number of phenolic OH excluding ortho intramolecular Hbond substituents is 1. The van der Waals surface area contributed by atoms with Crippen LogP contribution in [0.25, 0.3) is 0 Å². The Morgan fingerprint density at radius 1 is 1.25 bits per heavy atom. The zero-order valence-electron chi connectivity index (χ0n) is 12.0. The summed E-state index contributed by atoms with van der Waals surface area (Å²) >= 11 is 0. The number of hydrogen-bond acceptors (Lipinski definition) is 3. The summed E-state index contributed by atoms with van der Waals surface area (Å²) in [4.78, 5) is 16.8. The number of amides is 1. The highest BCUT2D eigenvalue weighted by Crippen LogP contribution is 2.30. The minimum atomic E-state index is -0.0442. The normalized spacial score (nSPS) is 20.1. The van der Waals surface area contributed by atoms with E-state index < -0.39 is 0 Å². The maximum Gasteiger partial charge on any atom is 0.257 e. The first-order chi connectivity index (χ1) is 9.65. The summed E-state index contributed by atoms with van der Waals surface area (Å²) in [6.45, 7) is 6.44. The van der Waals surface area contributed by atoms with Crippen molar-refractivity contribution in [2.75, 3.05) is 32.7 Å². The monoisotopic (exact) mass is 274 g/mol. The molecule has 2 aliphatic rings. The molecular weight excluding hydrogens is 252 g/mol. The Morgan fingerprint density at radius 3 is 2.60 bits per heavy atom. The highest BCUT2D eigenvalue weighted by atomic mass is 16.3. The van der Waals surface area contributed by atoms with Gasteiger partial charge in [0.05, 0.1) is 5.56 Å². The van der Waals surface area contributed by atoms with Crippen LogP contribution in [0.15, 0.2) is 18.2 Å². The van der Waals surface area contributed by atoms with Gasteiger partial charge in [0.1, 0.15) is 5.75 Å². The first-order valence-electron chi connectivity index (χ1n) is 7.45. The zero-order valence-corrected chi connectivity index (χ0v) is 12.0. The van der Waals surface area contributed by atoms with E-state index in [2.05, 4.69) is 4.90 Å². The molecule has 20 heavy (non-hydrogen) atoms. The van der Waals surface area contributed by atoms with E-state index in [4.69, 9.17) is 0 Å². The summed E-state index contributed by atoms with van der Waals surface area (Å²) in [6.07, 6.45) is 2.74. The smallest absolute Gasteiger partial charge is 0.257 e. The van der Waals surface area contributed by atoms with Crippen LogP contribution in [0.5, 0.6) is 5.75 Å². The summed E-state index contributed by atoms with van der Waals surface area (Å²) in [5.74, 6) is 0.980. The van der Waals surface area contributed by atoms with Gasteiger partial charge in [0, 0.05) is 32.7 Å². The van der Waals surface area contributed by atoms with Crippen molar-refractivity contribution in [3.8, 4) is 5.75 Å². The van der Waals surface area contributed by atoms with Gasteiger partial charge in [-0.3, -0.25) is 9.69 Å². The fraction of sp³-hybridized carbons (Fsp3) is 0.562. The lowest BCUT2D eigenvalue weighted by molar-refractivity contribution is 0.0629. The molecule has 0 spiro atoms. The van der Waals surface area contributed by atoms with Crippen molar-refractivity contribution in [2.45, 2.75) is 19.8 Å². The molecule has 1 aliphatic carbocycles. The molecule has 1 amide bonds. The van der Waals surface area contributed by atoms with Crippen LogP contribution in [0.4, 0.5) is 0 Å². The van der Waals surface area contributed by atoms with Crippen molar-refractivity contribution in [3.05, 3.63) is 29.3 Å². The molecule has 1 N–H and O–H groups in total. The number of carbonyl (C=O) groups is 1. The molecule has 0 aromatic heterocycles.